The van der Waals surface area contributed by atoms with E-state index in [9.17, 15) is 19.5 Å². The Balaban J connectivity index is 1.41. The fourth-order valence-corrected chi connectivity index (χ4v) is 6.39. The van der Waals surface area contributed by atoms with E-state index in [0.717, 1.165) is 4.88 Å². The second kappa shape index (κ2) is 8.98. The lowest BCUT2D eigenvalue weighted by atomic mass is 10.0. The number of amides is 2. The highest BCUT2D eigenvalue weighted by atomic mass is 32.2. The average molecular weight is 482 g/mol. The van der Waals surface area contributed by atoms with Crippen LogP contribution in [0.2, 0.25) is 0 Å². The lowest BCUT2D eigenvalue weighted by Gasteiger charge is -2.49. The molecule has 164 valence electrons. The van der Waals surface area contributed by atoms with E-state index in [-0.39, 0.29) is 18.0 Å². The molecule has 0 spiro atoms. The lowest BCUT2D eigenvalue weighted by molar-refractivity contribution is -0.150. The topological polar surface area (TPSA) is 156 Å². The number of aryl methyl sites for hydroxylation is 1. The van der Waals surface area contributed by atoms with Crippen LogP contribution < -0.4 is 11.1 Å². The van der Waals surface area contributed by atoms with Gasteiger partial charge in [0, 0.05) is 35.9 Å². The van der Waals surface area contributed by atoms with Crippen LogP contribution in [-0.2, 0) is 21.4 Å². The average Bonchev–Trinajstić information content (AvgIpc) is 3.41. The summed E-state index contributed by atoms with van der Waals surface area (Å²) in [6.45, 7) is 0. The molecule has 2 aliphatic rings. The van der Waals surface area contributed by atoms with Crippen LogP contribution in [0.1, 0.15) is 17.3 Å². The number of nitrogens with one attached hydrogen (secondary N) is 1. The number of hydrogen-bond acceptors (Lipinski definition) is 10. The summed E-state index contributed by atoms with van der Waals surface area (Å²) in [5.41, 5.74) is 6.63. The number of rotatable bonds is 8. The van der Waals surface area contributed by atoms with Crippen molar-refractivity contribution in [2.24, 2.45) is 12.8 Å². The third-order valence-electron chi connectivity index (χ3n) is 4.84. The quantitative estimate of drug-likeness (QED) is 0.351. The van der Waals surface area contributed by atoms with Crippen molar-refractivity contribution in [2.45, 2.75) is 29.0 Å². The van der Waals surface area contributed by atoms with Crippen molar-refractivity contribution >= 4 is 52.6 Å². The fourth-order valence-electron chi connectivity index (χ4n) is 3.32. The highest BCUT2D eigenvalue weighted by Gasteiger charge is 2.54. The van der Waals surface area contributed by atoms with Crippen LogP contribution >= 0.6 is 34.9 Å². The molecule has 2 amide bonds. The molecular weight excluding hydrogens is 462 g/mol. The van der Waals surface area contributed by atoms with Crippen molar-refractivity contribution in [3.63, 3.8) is 0 Å². The Morgan fingerprint density at radius 2 is 2.29 bits per heavy atom. The summed E-state index contributed by atoms with van der Waals surface area (Å²) in [5, 5.41) is 25.6. The SMILES string of the molecule is Cn1nnnc1SCC1=C(C(=O)O)N2C(=O)C(NC(=O)CC(N)c3cccs3)[C@@H]2SC1. The van der Waals surface area contributed by atoms with Crippen molar-refractivity contribution in [3.8, 4) is 0 Å². The van der Waals surface area contributed by atoms with Gasteiger partial charge in [-0.2, -0.15) is 0 Å². The van der Waals surface area contributed by atoms with Gasteiger partial charge in [-0.25, -0.2) is 9.48 Å². The maximum Gasteiger partial charge on any atom is 0.352 e. The normalized spacial score (nSPS) is 21.5. The van der Waals surface area contributed by atoms with Gasteiger partial charge in [0.2, 0.25) is 11.1 Å². The molecule has 2 aromatic rings. The predicted octanol–water partition coefficient (Wildman–Crippen LogP) is 0.192. The van der Waals surface area contributed by atoms with E-state index < -0.39 is 29.3 Å². The second-order valence-corrected chi connectivity index (χ2v) is 9.94. The number of β-lactam (4-membered cyclic amide) rings is 1. The van der Waals surface area contributed by atoms with Crippen LogP contribution in [0.15, 0.2) is 33.9 Å². The van der Waals surface area contributed by atoms with Crippen molar-refractivity contribution in [3.05, 3.63) is 33.7 Å². The number of aromatic nitrogens is 4. The molecule has 2 unspecified atom stereocenters. The van der Waals surface area contributed by atoms with Gasteiger partial charge in [-0.1, -0.05) is 17.8 Å². The van der Waals surface area contributed by atoms with Crippen LogP contribution in [0.5, 0.6) is 0 Å². The standard InChI is InChI=1S/C17H19N7O4S3/c1-23-17(20-21-22-23)31-7-8-6-30-15-12(14(26)24(15)13(8)16(27)28)19-11(25)5-9(18)10-3-2-4-29-10/h2-4,9,12,15H,5-7,18H2,1H3,(H,19,25)(H,27,28)/t9?,12?,15-/m0/s1. The molecule has 4 rings (SSSR count). The molecule has 4 heterocycles. The van der Waals surface area contributed by atoms with Crippen LogP contribution in [0.4, 0.5) is 0 Å². The summed E-state index contributed by atoms with van der Waals surface area (Å²) in [6.07, 6.45) is 0.0525. The van der Waals surface area contributed by atoms with E-state index >= 15 is 0 Å². The molecule has 14 heteroatoms. The molecule has 3 atom stereocenters. The third kappa shape index (κ3) is 4.33. The number of aliphatic carboxylic acids is 1. The van der Waals surface area contributed by atoms with Gasteiger partial charge in [0.15, 0.2) is 0 Å². The number of thiophene rings is 1. The monoisotopic (exact) mass is 481 g/mol. The minimum atomic E-state index is -1.17. The summed E-state index contributed by atoms with van der Waals surface area (Å²) in [6, 6.07) is 2.51. The van der Waals surface area contributed by atoms with E-state index in [1.54, 1.807) is 7.05 Å². The Labute approximate surface area is 189 Å². The van der Waals surface area contributed by atoms with Gasteiger partial charge in [0.1, 0.15) is 17.1 Å². The number of fused-ring (bicyclic) bond motifs is 1. The number of carbonyl (C=O) groups is 3. The Morgan fingerprint density at radius 1 is 1.48 bits per heavy atom. The van der Waals surface area contributed by atoms with E-state index in [1.165, 1.54) is 44.4 Å². The molecule has 0 bridgehead atoms. The first-order valence-electron chi connectivity index (χ1n) is 9.20. The Morgan fingerprint density at radius 3 is 2.94 bits per heavy atom. The van der Waals surface area contributed by atoms with Gasteiger partial charge in [-0.3, -0.25) is 14.5 Å². The van der Waals surface area contributed by atoms with Crippen LogP contribution in [-0.4, -0.2) is 70.9 Å². The summed E-state index contributed by atoms with van der Waals surface area (Å²) in [7, 11) is 1.69. The number of carboxylic acids is 1. The van der Waals surface area contributed by atoms with E-state index in [2.05, 4.69) is 20.8 Å². The highest BCUT2D eigenvalue weighted by Crippen LogP contribution is 2.41. The van der Waals surface area contributed by atoms with Crippen molar-refractivity contribution in [1.82, 2.24) is 30.4 Å². The van der Waals surface area contributed by atoms with Crippen LogP contribution in [0.25, 0.3) is 0 Å². The van der Waals surface area contributed by atoms with Crippen LogP contribution in [0.3, 0.4) is 0 Å². The minimum absolute atomic E-state index is 0.0304. The van der Waals surface area contributed by atoms with E-state index in [1.807, 2.05) is 17.5 Å². The number of hydrogen-bond donors (Lipinski definition) is 3. The Bertz CT molecular complexity index is 1040. The zero-order valence-corrected chi connectivity index (χ0v) is 18.7. The van der Waals surface area contributed by atoms with E-state index in [0.29, 0.717) is 22.2 Å². The fraction of sp³-hybridized carbons (Fsp3) is 0.412. The molecule has 2 aromatic heterocycles. The number of nitrogens with two attached hydrogens (primary N) is 1. The lowest BCUT2D eigenvalue weighted by Crippen LogP contribution is -2.70. The Hall–Kier alpha value is -2.42. The maximum atomic E-state index is 12.7. The summed E-state index contributed by atoms with van der Waals surface area (Å²) in [4.78, 5) is 39.2. The zero-order chi connectivity index (χ0) is 22.1. The first-order valence-corrected chi connectivity index (χ1v) is 12.1. The molecule has 31 heavy (non-hydrogen) atoms. The smallest absolute Gasteiger partial charge is 0.352 e. The summed E-state index contributed by atoms with van der Waals surface area (Å²) in [5.74, 6) is -1.18. The number of carbonyl (C=O) groups excluding carboxylic acids is 2. The maximum absolute atomic E-state index is 12.7. The predicted molar refractivity (Wildman–Crippen MR) is 115 cm³/mol. The van der Waals surface area contributed by atoms with Gasteiger partial charge in [0.25, 0.3) is 5.91 Å². The number of carboxylic acid groups (broad SMARTS) is 1. The molecule has 0 saturated carbocycles. The summed E-state index contributed by atoms with van der Waals surface area (Å²) < 4.78 is 1.49. The molecule has 0 aromatic carbocycles. The second-order valence-electron chi connectivity index (χ2n) is 6.91. The van der Waals surface area contributed by atoms with Crippen molar-refractivity contribution < 1.29 is 19.5 Å². The van der Waals surface area contributed by atoms with Gasteiger partial charge < -0.3 is 16.2 Å². The van der Waals surface area contributed by atoms with E-state index in [4.69, 9.17) is 5.73 Å². The van der Waals surface area contributed by atoms with Gasteiger partial charge >= 0.3 is 5.97 Å². The molecule has 0 radical (unpaired) electrons. The molecule has 1 saturated heterocycles. The minimum Gasteiger partial charge on any atom is -0.477 e. The Kier molecular flexibility index (Phi) is 6.31. The third-order valence-corrected chi connectivity index (χ3v) is 8.28. The van der Waals surface area contributed by atoms with Gasteiger partial charge in [-0.15, -0.1) is 28.2 Å². The molecule has 1 fully saturated rings. The number of thioether (sulfide) groups is 2. The first-order chi connectivity index (χ1) is 14.9. The zero-order valence-electron chi connectivity index (χ0n) is 16.3. The molecule has 2 aliphatic heterocycles. The number of nitrogens with zero attached hydrogens (tertiary/aromatic N) is 5. The van der Waals surface area contributed by atoms with Gasteiger partial charge in [0.05, 0.1) is 0 Å². The molecule has 11 nitrogen and oxygen atoms in total. The molecule has 0 aliphatic carbocycles. The summed E-state index contributed by atoms with van der Waals surface area (Å²) >= 11 is 4.19. The van der Waals surface area contributed by atoms with Gasteiger partial charge in [-0.05, 0) is 27.4 Å². The van der Waals surface area contributed by atoms with Crippen molar-refractivity contribution in [1.29, 1.82) is 0 Å². The molecular formula is C17H19N7O4S3. The number of tetrazole rings is 1. The largest absolute Gasteiger partial charge is 0.477 e. The highest BCUT2D eigenvalue weighted by molar-refractivity contribution is 8.01. The first kappa shape index (κ1) is 21.8. The molecule has 4 N–H and O–H groups in total. The van der Waals surface area contributed by atoms with Crippen molar-refractivity contribution in [2.75, 3.05) is 11.5 Å². The van der Waals surface area contributed by atoms with Crippen LogP contribution in [0, 0.1) is 0 Å².